The Labute approximate surface area is 165 Å². The molecular formula is C22H25N3O3. The van der Waals surface area contributed by atoms with E-state index in [4.69, 9.17) is 0 Å². The van der Waals surface area contributed by atoms with E-state index in [1.54, 1.807) is 48.5 Å². The Morgan fingerprint density at radius 3 is 2.21 bits per heavy atom. The van der Waals surface area contributed by atoms with Crippen molar-refractivity contribution < 1.29 is 14.4 Å². The Hall–Kier alpha value is -2.99. The zero-order chi connectivity index (χ0) is 20.1. The van der Waals surface area contributed by atoms with Crippen LogP contribution in [0.1, 0.15) is 44.9 Å². The summed E-state index contributed by atoms with van der Waals surface area (Å²) in [6.45, 7) is 7.72. The van der Waals surface area contributed by atoms with E-state index >= 15 is 0 Å². The quantitative estimate of drug-likeness (QED) is 0.811. The maximum absolute atomic E-state index is 12.8. The Balaban J connectivity index is 1.70. The van der Waals surface area contributed by atoms with Gasteiger partial charge in [-0.25, -0.2) is 0 Å². The molecule has 2 amide bonds. The molecule has 0 aromatic heterocycles. The number of nitrogens with one attached hydrogen (secondary N) is 1. The van der Waals surface area contributed by atoms with Crippen LogP contribution in [0.15, 0.2) is 48.5 Å². The summed E-state index contributed by atoms with van der Waals surface area (Å²) in [5, 5.41) is 2.79. The van der Waals surface area contributed by atoms with Crippen LogP contribution in [0.25, 0.3) is 0 Å². The molecule has 0 radical (unpaired) electrons. The summed E-state index contributed by atoms with van der Waals surface area (Å²) >= 11 is 0. The first-order valence-corrected chi connectivity index (χ1v) is 9.52. The second-order valence-electron chi connectivity index (χ2n) is 6.90. The molecule has 1 N–H and O–H groups in total. The second-order valence-corrected chi connectivity index (χ2v) is 6.90. The fraction of sp³-hybridized carbons (Fsp3) is 0.318. The van der Waals surface area contributed by atoms with Crippen molar-refractivity contribution in [3.63, 3.8) is 0 Å². The van der Waals surface area contributed by atoms with E-state index in [0.717, 1.165) is 19.6 Å². The maximum atomic E-state index is 12.8. The van der Waals surface area contributed by atoms with Gasteiger partial charge in [-0.1, -0.05) is 25.1 Å². The van der Waals surface area contributed by atoms with Gasteiger partial charge in [0.2, 0.25) is 0 Å². The van der Waals surface area contributed by atoms with Crippen LogP contribution < -0.4 is 5.32 Å². The van der Waals surface area contributed by atoms with E-state index in [2.05, 4.69) is 17.1 Å². The lowest BCUT2D eigenvalue weighted by Gasteiger charge is -2.34. The molecule has 6 nitrogen and oxygen atoms in total. The number of ketones is 1. The first kappa shape index (κ1) is 19.8. The van der Waals surface area contributed by atoms with Crippen LogP contribution in [-0.4, -0.2) is 60.1 Å². The van der Waals surface area contributed by atoms with Crippen LogP contribution >= 0.6 is 0 Å². The summed E-state index contributed by atoms with van der Waals surface area (Å²) in [5.74, 6) is -0.429. The Morgan fingerprint density at radius 1 is 0.893 bits per heavy atom. The van der Waals surface area contributed by atoms with E-state index in [9.17, 15) is 14.4 Å². The minimum atomic E-state index is -0.314. The van der Waals surface area contributed by atoms with Crippen LogP contribution in [0.5, 0.6) is 0 Å². The van der Waals surface area contributed by atoms with Gasteiger partial charge in [0.05, 0.1) is 0 Å². The number of piperazine rings is 1. The summed E-state index contributed by atoms with van der Waals surface area (Å²) in [5.41, 5.74) is 2.00. The molecule has 6 heteroatoms. The molecule has 1 fully saturated rings. The molecule has 2 aromatic rings. The molecule has 1 aliphatic rings. The fourth-order valence-electron chi connectivity index (χ4n) is 3.26. The highest BCUT2D eigenvalue weighted by molar-refractivity contribution is 6.06. The normalized spacial score (nSPS) is 14.6. The molecule has 0 aliphatic carbocycles. The van der Waals surface area contributed by atoms with Gasteiger partial charge < -0.3 is 15.1 Å². The Morgan fingerprint density at radius 2 is 1.54 bits per heavy atom. The first-order chi connectivity index (χ1) is 13.5. The maximum Gasteiger partial charge on any atom is 0.255 e. The predicted molar refractivity (Wildman–Crippen MR) is 109 cm³/mol. The fourth-order valence-corrected chi connectivity index (χ4v) is 3.26. The lowest BCUT2D eigenvalue weighted by molar-refractivity contribution is 0.0643. The van der Waals surface area contributed by atoms with Crippen molar-refractivity contribution in [3.8, 4) is 0 Å². The van der Waals surface area contributed by atoms with E-state index in [0.29, 0.717) is 35.5 Å². The number of anilines is 1. The summed E-state index contributed by atoms with van der Waals surface area (Å²) in [6.07, 6.45) is 0. The molecule has 3 rings (SSSR count). The lowest BCUT2D eigenvalue weighted by atomic mass is 10.1. The van der Waals surface area contributed by atoms with Gasteiger partial charge in [-0.2, -0.15) is 0 Å². The average molecular weight is 379 g/mol. The lowest BCUT2D eigenvalue weighted by Crippen LogP contribution is -2.48. The average Bonchev–Trinajstić information content (AvgIpc) is 2.73. The molecule has 1 saturated heterocycles. The van der Waals surface area contributed by atoms with Gasteiger partial charge in [-0.15, -0.1) is 0 Å². The molecule has 0 saturated carbocycles. The number of carbonyl (C=O) groups excluding carboxylic acids is 3. The van der Waals surface area contributed by atoms with Crippen molar-refractivity contribution in [3.05, 3.63) is 65.2 Å². The number of amides is 2. The smallest absolute Gasteiger partial charge is 0.255 e. The monoisotopic (exact) mass is 379 g/mol. The summed E-state index contributed by atoms with van der Waals surface area (Å²) in [7, 11) is 0. The molecular weight excluding hydrogens is 354 g/mol. The van der Waals surface area contributed by atoms with E-state index in [1.165, 1.54) is 6.92 Å². The van der Waals surface area contributed by atoms with Crippen LogP contribution in [0, 0.1) is 0 Å². The van der Waals surface area contributed by atoms with Gasteiger partial charge in [0, 0.05) is 48.6 Å². The zero-order valence-corrected chi connectivity index (χ0v) is 16.3. The molecule has 1 heterocycles. The van der Waals surface area contributed by atoms with Gasteiger partial charge in [0.1, 0.15) is 0 Å². The van der Waals surface area contributed by atoms with Crippen molar-refractivity contribution in [2.75, 3.05) is 38.0 Å². The van der Waals surface area contributed by atoms with Gasteiger partial charge >= 0.3 is 0 Å². The number of benzene rings is 2. The molecule has 0 bridgehead atoms. The van der Waals surface area contributed by atoms with Crippen LogP contribution in [0.3, 0.4) is 0 Å². The van der Waals surface area contributed by atoms with Crippen LogP contribution in [0.2, 0.25) is 0 Å². The molecule has 28 heavy (non-hydrogen) atoms. The van der Waals surface area contributed by atoms with Crippen LogP contribution in [0.4, 0.5) is 5.69 Å². The number of nitrogens with zero attached hydrogens (tertiary/aromatic N) is 2. The van der Waals surface area contributed by atoms with E-state index < -0.39 is 0 Å². The van der Waals surface area contributed by atoms with E-state index in [-0.39, 0.29) is 17.6 Å². The third-order valence-electron chi connectivity index (χ3n) is 5.01. The molecule has 1 aliphatic heterocycles. The summed E-state index contributed by atoms with van der Waals surface area (Å²) < 4.78 is 0. The SMILES string of the molecule is CCN1CCN(C(=O)c2cccc(C(=O)Nc3cccc(C(C)=O)c3)c2)CC1. The predicted octanol–water partition coefficient (Wildman–Crippen LogP) is 2.92. The third kappa shape index (κ3) is 4.64. The topological polar surface area (TPSA) is 69.7 Å². The van der Waals surface area contributed by atoms with Crippen molar-refractivity contribution in [2.24, 2.45) is 0 Å². The Kier molecular flexibility index (Phi) is 6.21. The standard InChI is InChI=1S/C22H25N3O3/c1-3-24-10-12-25(13-11-24)22(28)19-8-4-7-18(14-19)21(27)23-20-9-5-6-17(15-20)16(2)26/h4-9,14-15H,3,10-13H2,1-2H3,(H,23,27). The highest BCUT2D eigenvalue weighted by Gasteiger charge is 2.22. The van der Waals surface area contributed by atoms with Crippen molar-refractivity contribution in [2.45, 2.75) is 13.8 Å². The van der Waals surface area contributed by atoms with Crippen LogP contribution in [-0.2, 0) is 0 Å². The Bertz CT molecular complexity index is 886. The molecule has 0 unspecified atom stereocenters. The minimum absolute atomic E-state index is 0.0519. The minimum Gasteiger partial charge on any atom is -0.336 e. The van der Waals surface area contributed by atoms with Crippen molar-refractivity contribution in [1.29, 1.82) is 0 Å². The van der Waals surface area contributed by atoms with Gasteiger partial charge in [-0.05, 0) is 43.8 Å². The zero-order valence-electron chi connectivity index (χ0n) is 16.3. The third-order valence-corrected chi connectivity index (χ3v) is 5.01. The van der Waals surface area contributed by atoms with Crippen molar-refractivity contribution in [1.82, 2.24) is 9.80 Å². The second kappa shape index (κ2) is 8.80. The summed E-state index contributed by atoms with van der Waals surface area (Å²) in [6, 6.07) is 13.6. The molecule has 146 valence electrons. The van der Waals surface area contributed by atoms with Gasteiger partial charge in [0.15, 0.2) is 5.78 Å². The number of rotatable bonds is 5. The number of likely N-dealkylation sites (N-methyl/N-ethyl adjacent to an activating group) is 1. The first-order valence-electron chi connectivity index (χ1n) is 9.52. The highest BCUT2D eigenvalue weighted by atomic mass is 16.2. The van der Waals surface area contributed by atoms with Gasteiger partial charge in [-0.3, -0.25) is 14.4 Å². The van der Waals surface area contributed by atoms with Crippen molar-refractivity contribution >= 4 is 23.3 Å². The number of hydrogen-bond donors (Lipinski definition) is 1. The number of hydrogen-bond acceptors (Lipinski definition) is 4. The molecule has 0 atom stereocenters. The molecule has 0 spiro atoms. The summed E-state index contributed by atoms with van der Waals surface area (Å²) in [4.78, 5) is 41.0. The van der Waals surface area contributed by atoms with E-state index in [1.807, 2.05) is 4.90 Å². The molecule has 2 aromatic carbocycles. The highest BCUT2D eigenvalue weighted by Crippen LogP contribution is 2.15. The largest absolute Gasteiger partial charge is 0.336 e. The number of carbonyl (C=O) groups is 3. The van der Waals surface area contributed by atoms with Gasteiger partial charge in [0.25, 0.3) is 11.8 Å². The number of Topliss-reactive ketones (excluding diaryl/α,β-unsaturated/α-hetero) is 1.